The molecule has 2 atom stereocenters. The third-order valence-electron chi connectivity index (χ3n) is 4.14. The molecule has 1 saturated heterocycles. The second kappa shape index (κ2) is 4.97. The van der Waals surface area contributed by atoms with Crippen LogP contribution in [0.3, 0.4) is 0 Å². The van der Waals surface area contributed by atoms with E-state index in [2.05, 4.69) is 35.2 Å². The monoisotopic (exact) mass is 241 g/mol. The van der Waals surface area contributed by atoms with Gasteiger partial charge in [-0.2, -0.15) is 0 Å². The molecule has 0 radical (unpaired) electrons. The summed E-state index contributed by atoms with van der Waals surface area (Å²) >= 11 is 0. The number of amides is 1. The Bertz CT molecular complexity index is 451. The second-order valence-corrected chi connectivity index (χ2v) is 5.40. The van der Waals surface area contributed by atoms with Gasteiger partial charge in [-0.05, 0) is 43.2 Å². The highest BCUT2D eigenvalue weighted by molar-refractivity contribution is 5.88. The number of carbonyl (C=O) groups is 1. The minimum atomic E-state index is 0.212. The van der Waals surface area contributed by atoms with E-state index in [4.69, 9.17) is 0 Å². The van der Waals surface area contributed by atoms with Gasteiger partial charge in [-0.3, -0.25) is 4.79 Å². The first-order valence-corrected chi connectivity index (χ1v) is 6.84. The van der Waals surface area contributed by atoms with Crippen molar-refractivity contribution in [2.45, 2.75) is 31.7 Å². The van der Waals surface area contributed by atoms with Crippen LogP contribution in [0.15, 0.2) is 42.5 Å². The standard InChI is InChI=1S/C16H19NO/c18-16-8-4-7-15-12-14(9-10-17(15)16)11-13-5-2-1-3-6-13/h1-6,8,14-15H,7,9-12H2/t14-,15-/m0/s1. The molecule has 0 unspecified atom stereocenters. The van der Waals surface area contributed by atoms with Crippen LogP contribution in [0.5, 0.6) is 0 Å². The van der Waals surface area contributed by atoms with E-state index in [0.717, 1.165) is 38.1 Å². The molecular weight excluding hydrogens is 222 g/mol. The summed E-state index contributed by atoms with van der Waals surface area (Å²) in [5, 5.41) is 0. The predicted molar refractivity (Wildman–Crippen MR) is 72.1 cm³/mol. The summed E-state index contributed by atoms with van der Waals surface area (Å²) in [5.74, 6) is 0.942. The maximum absolute atomic E-state index is 11.7. The first kappa shape index (κ1) is 11.5. The van der Waals surface area contributed by atoms with Gasteiger partial charge in [-0.15, -0.1) is 0 Å². The Balaban J connectivity index is 1.64. The van der Waals surface area contributed by atoms with E-state index in [-0.39, 0.29) is 5.91 Å². The molecule has 0 spiro atoms. The molecule has 1 aromatic carbocycles. The SMILES string of the molecule is O=C1C=CC[C@H]2C[C@H](Cc3ccccc3)CCN12. The maximum Gasteiger partial charge on any atom is 0.246 e. The molecule has 94 valence electrons. The molecule has 0 aromatic heterocycles. The first-order chi connectivity index (χ1) is 8.83. The summed E-state index contributed by atoms with van der Waals surface area (Å²) in [7, 11) is 0. The normalized spacial score (nSPS) is 27.1. The van der Waals surface area contributed by atoms with Crippen LogP contribution in [0.4, 0.5) is 0 Å². The van der Waals surface area contributed by atoms with Gasteiger partial charge in [-0.1, -0.05) is 36.4 Å². The molecular formula is C16H19NO. The highest BCUT2D eigenvalue weighted by Crippen LogP contribution is 2.29. The van der Waals surface area contributed by atoms with E-state index in [1.165, 1.54) is 5.56 Å². The maximum atomic E-state index is 11.7. The fourth-order valence-corrected chi connectivity index (χ4v) is 3.20. The van der Waals surface area contributed by atoms with Crippen LogP contribution in [0.2, 0.25) is 0 Å². The molecule has 18 heavy (non-hydrogen) atoms. The van der Waals surface area contributed by atoms with E-state index in [9.17, 15) is 4.79 Å². The Morgan fingerprint density at radius 1 is 1.22 bits per heavy atom. The number of hydrogen-bond acceptors (Lipinski definition) is 1. The Morgan fingerprint density at radius 2 is 2.06 bits per heavy atom. The zero-order valence-electron chi connectivity index (χ0n) is 10.6. The van der Waals surface area contributed by atoms with Crippen molar-refractivity contribution in [3.63, 3.8) is 0 Å². The fraction of sp³-hybridized carbons (Fsp3) is 0.438. The zero-order chi connectivity index (χ0) is 12.4. The van der Waals surface area contributed by atoms with Gasteiger partial charge in [0, 0.05) is 12.6 Å². The van der Waals surface area contributed by atoms with Crippen molar-refractivity contribution in [2.24, 2.45) is 5.92 Å². The van der Waals surface area contributed by atoms with Gasteiger partial charge < -0.3 is 4.90 Å². The van der Waals surface area contributed by atoms with E-state index in [1.807, 2.05) is 6.08 Å². The molecule has 0 bridgehead atoms. The Hall–Kier alpha value is -1.57. The molecule has 2 heteroatoms. The summed E-state index contributed by atoms with van der Waals surface area (Å²) in [6.07, 6.45) is 8.26. The smallest absolute Gasteiger partial charge is 0.246 e. The molecule has 0 N–H and O–H groups in total. The van der Waals surface area contributed by atoms with Crippen LogP contribution in [-0.4, -0.2) is 23.4 Å². The van der Waals surface area contributed by atoms with Crippen LogP contribution in [0.1, 0.15) is 24.8 Å². The van der Waals surface area contributed by atoms with Crippen molar-refractivity contribution in [2.75, 3.05) is 6.54 Å². The molecule has 1 amide bonds. The fourth-order valence-electron chi connectivity index (χ4n) is 3.20. The summed E-state index contributed by atoms with van der Waals surface area (Å²) in [5.41, 5.74) is 1.42. The number of piperidine rings is 1. The quantitative estimate of drug-likeness (QED) is 0.779. The minimum absolute atomic E-state index is 0.212. The molecule has 1 aromatic rings. The van der Waals surface area contributed by atoms with Crippen LogP contribution < -0.4 is 0 Å². The van der Waals surface area contributed by atoms with Crippen molar-refractivity contribution in [3.05, 3.63) is 48.0 Å². The third kappa shape index (κ3) is 2.33. The molecule has 2 aliphatic heterocycles. The molecule has 0 aliphatic carbocycles. The Labute approximate surface area is 108 Å². The van der Waals surface area contributed by atoms with Gasteiger partial charge in [0.1, 0.15) is 0 Å². The van der Waals surface area contributed by atoms with Gasteiger partial charge in [0.05, 0.1) is 0 Å². The number of hydrogen-bond donors (Lipinski definition) is 0. The molecule has 2 nitrogen and oxygen atoms in total. The number of nitrogens with zero attached hydrogens (tertiary/aromatic N) is 1. The number of benzene rings is 1. The zero-order valence-corrected chi connectivity index (χ0v) is 10.6. The first-order valence-electron chi connectivity index (χ1n) is 6.84. The topological polar surface area (TPSA) is 20.3 Å². The predicted octanol–water partition coefficient (Wildman–Crippen LogP) is 2.80. The van der Waals surface area contributed by atoms with E-state index in [0.29, 0.717) is 6.04 Å². The average molecular weight is 241 g/mol. The van der Waals surface area contributed by atoms with Gasteiger partial charge in [-0.25, -0.2) is 0 Å². The van der Waals surface area contributed by atoms with Crippen LogP contribution >= 0.6 is 0 Å². The third-order valence-corrected chi connectivity index (χ3v) is 4.14. The van der Waals surface area contributed by atoms with E-state index < -0.39 is 0 Å². The number of fused-ring (bicyclic) bond motifs is 1. The lowest BCUT2D eigenvalue weighted by atomic mass is 9.84. The Kier molecular flexibility index (Phi) is 3.18. The van der Waals surface area contributed by atoms with Crippen molar-refractivity contribution >= 4 is 5.91 Å². The second-order valence-electron chi connectivity index (χ2n) is 5.40. The summed E-state index contributed by atoms with van der Waals surface area (Å²) in [6.45, 7) is 0.936. The molecule has 2 aliphatic rings. The molecule has 2 heterocycles. The lowest BCUT2D eigenvalue weighted by Gasteiger charge is -2.40. The highest BCUT2D eigenvalue weighted by atomic mass is 16.2. The van der Waals surface area contributed by atoms with Gasteiger partial charge >= 0.3 is 0 Å². The van der Waals surface area contributed by atoms with Crippen LogP contribution in [-0.2, 0) is 11.2 Å². The van der Waals surface area contributed by atoms with Crippen molar-refractivity contribution in [1.29, 1.82) is 0 Å². The van der Waals surface area contributed by atoms with E-state index >= 15 is 0 Å². The van der Waals surface area contributed by atoms with Crippen molar-refractivity contribution < 1.29 is 4.79 Å². The lowest BCUT2D eigenvalue weighted by Crippen LogP contribution is -2.47. The number of rotatable bonds is 2. The lowest BCUT2D eigenvalue weighted by molar-refractivity contribution is -0.131. The Morgan fingerprint density at radius 3 is 2.89 bits per heavy atom. The van der Waals surface area contributed by atoms with Gasteiger partial charge in [0.2, 0.25) is 5.91 Å². The summed E-state index contributed by atoms with van der Waals surface area (Å²) in [4.78, 5) is 13.8. The average Bonchev–Trinajstić information content (AvgIpc) is 2.40. The minimum Gasteiger partial charge on any atom is -0.336 e. The molecule has 1 fully saturated rings. The highest BCUT2D eigenvalue weighted by Gasteiger charge is 2.31. The summed E-state index contributed by atoms with van der Waals surface area (Å²) < 4.78 is 0. The number of carbonyl (C=O) groups excluding carboxylic acids is 1. The van der Waals surface area contributed by atoms with Gasteiger partial charge in [0.15, 0.2) is 0 Å². The summed E-state index contributed by atoms with van der Waals surface area (Å²) in [6, 6.07) is 11.1. The largest absolute Gasteiger partial charge is 0.336 e. The molecule has 3 rings (SSSR count). The van der Waals surface area contributed by atoms with Crippen LogP contribution in [0.25, 0.3) is 0 Å². The van der Waals surface area contributed by atoms with Crippen LogP contribution in [0, 0.1) is 5.92 Å². The van der Waals surface area contributed by atoms with E-state index in [1.54, 1.807) is 6.08 Å². The molecule has 0 saturated carbocycles. The van der Waals surface area contributed by atoms with Crippen molar-refractivity contribution in [3.8, 4) is 0 Å². The van der Waals surface area contributed by atoms with Crippen molar-refractivity contribution in [1.82, 2.24) is 4.90 Å². The van der Waals surface area contributed by atoms with Gasteiger partial charge in [0.25, 0.3) is 0 Å².